The fourth-order valence-corrected chi connectivity index (χ4v) is 3.69. The fourth-order valence-electron chi connectivity index (χ4n) is 3.27. The van der Waals surface area contributed by atoms with Gasteiger partial charge in [-0.05, 0) is 48.6 Å². The Hall–Kier alpha value is -1.81. The van der Waals surface area contributed by atoms with Crippen LogP contribution in [0.2, 0.25) is 0 Å². The van der Waals surface area contributed by atoms with Crippen LogP contribution >= 0.6 is 15.9 Å². The molecule has 3 rings (SSSR count). The van der Waals surface area contributed by atoms with Gasteiger partial charge in [-0.15, -0.1) is 0 Å². The smallest absolute Gasteiger partial charge is 0.223 e. The molecule has 1 amide bonds. The average Bonchev–Trinajstić information content (AvgIpc) is 3.03. The quantitative estimate of drug-likeness (QED) is 0.811. The van der Waals surface area contributed by atoms with Crippen molar-refractivity contribution in [1.82, 2.24) is 4.90 Å². The van der Waals surface area contributed by atoms with E-state index in [1.807, 2.05) is 41.3 Å². The lowest BCUT2D eigenvalue weighted by atomic mass is 10.0. The molecule has 1 aliphatic rings. The number of benzene rings is 2. The maximum absolute atomic E-state index is 12.7. The molecule has 120 valence electrons. The third-order valence-electron chi connectivity index (χ3n) is 4.47. The normalized spacial score (nSPS) is 17.4. The van der Waals surface area contributed by atoms with Crippen molar-refractivity contribution in [3.8, 4) is 0 Å². The van der Waals surface area contributed by atoms with Crippen LogP contribution in [-0.4, -0.2) is 17.4 Å². The lowest BCUT2D eigenvalue weighted by Gasteiger charge is -2.25. The number of nitrogens with two attached hydrogens (primary N) is 1. The minimum atomic E-state index is 0.202. The molecule has 0 aromatic heterocycles. The molecular formula is C19H21BrN2O. The van der Waals surface area contributed by atoms with E-state index in [0.717, 1.165) is 35.1 Å². The number of rotatable bonds is 4. The zero-order valence-electron chi connectivity index (χ0n) is 13.0. The van der Waals surface area contributed by atoms with Gasteiger partial charge in [0.2, 0.25) is 5.91 Å². The van der Waals surface area contributed by atoms with Crippen molar-refractivity contribution in [2.45, 2.75) is 31.7 Å². The number of para-hydroxylation sites is 1. The van der Waals surface area contributed by atoms with Crippen molar-refractivity contribution in [2.24, 2.45) is 0 Å². The van der Waals surface area contributed by atoms with Gasteiger partial charge in [0.15, 0.2) is 0 Å². The molecule has 1 aliphatic heterocycles. The maximum Gasteiger partial charge on any atom is 0.223 e. The van der Waals surface area contributed by atoms with Crippen LogP contribution in [0.1, 0.15) is 36.4 Å². The zero-order valence-corrected chi connectivity index (χ0v) is 14.6. The molecule has 0 bridgehead atoms. The van der Waals surface area contributed by atoms with E-state index in [4.69, 9.17) is 5.73 Å². The highest BCUT2D eigenvalue weighted by Crippen LogP contribution is 2.33. The summed E-state index contributed by atoms with van der Waals surface area (Å²) >= 11 is 3.52. The van der Waals surface area contributed by atoms with E-state index >= 15 is 0 Å². The standard InChI is InChI=1S/C19H21BrN2O/c20-16-7-3-6-15(13-16)18-9-4-12-22(18)19(23)11-10-14-5-1-2-8-17(14)21/h1-3,5-8,13,18H,4,9-12,21H2. The third kappa shape index (κ3) is 3.75. The van der Waals surface area contributed by atoms with Gasteiger partial charge in [0, 0.05) is 23.1 Å². The summed E-state index contributed by atoms with van der Waals surface area (Å²) in [7, 11) is 0. The molecular weight excluding hydrogens is 352 g/mol. The molecule has 23 heavy (non-hydrogen) atoms. The second-order valence-corrected chi connectivity index (χ2v) is 6.91. The highest BCUT2D eigenvalue weighted by atomic mass is 79.9. The summed E-state index contributed by atoms with van der Waals surface area (Å²) in [6.45, 7) is 0.848. The van der Waals surface area contributed by atoms with Crippen LogP contribution in [0.15, 0.2) is 53.0 Å². The SMILES string of the molecule is Nc1ccccc1CCC(=O)N1CCCC1c1cccc(Br)c1. The second-order valence-electron chi connectivity index (χ2n) is 6.00. The van der Waals surface area contributed by atoms with E-state index in [0.29, 0.717) is 12.8 Å². The molecule has 1 heterocycles. The van der Waals surface area contributed by atoms with Crippen LogP contribution < -0.4 is 5.73 Å². The van der Waals surface area contributed by atoms with Gasteiger partial charge in [-0.25, -0.2) is 0 Å². The van der Waals surface area contributed by atoms with E-state index in [9.17, 15) is 4.79 Å². The molecule has 0 radical (unpaired) electrons. The van der Waals surface area contributed by atoms with E-state index in [-0.39, 0.29) is 11.9 Å². The van der Waals surface area contributed by atoms with Gasteiger partial charge in [-0.2, -0.15) is 0 Å². The molecule has 2 aromatic carbocycles. The number of likely N-dealkylation sites (tertiary alicyclic amines) is 1. The van der Waals surface area contributed by atoms with Gasteiger partial charge >= 0.3 is 0 Å². The first-order chi connectivity index (χ1) is 11.1. The maximum atomic E-state index is 12.7. The Kier molecular flexibility index (Phi) is 5.01. The van der Waals surface area contributed by atoms with Crippen molar-refractivity contribution < 1.29 is 4.79 Å². The molecule has 0 aliphatic carbocycles. The van der Waals surface area contributed by atoms with Crippen molar-refractivity contribution in [3.05, 3.63) is 64.1 Å². The summed E-state index contributed by atoms with van der Waals surface area (Å²) in [5, 5.41) is 0. The number of amides is 1. The minimum Gasteiger partial charge on any atom is -0.399 e. The molecule has 4 heteroatoms. The van der Waals surface area contributed by atoms with E-state index in [2.05, 4.69) is 28.1 Å². The van der Waals surface area contributed by atoms with Crippen LogP contribution in [0.25, 0.3) is 0 Å². The number of aryl methyl sites for hydroxylation is 1. The Labute approximate surface area is 145 Å². The van der Waals surface area contributed by atoms with Crippen LogP contribution in [0.4, 0.5) is 5.69 Å². The third-order valence-corrected chi connectivity index (χ3v) is 4.96. The van der Waals surface area contributed by atoms with Crippen LogP contribution in [0.5, 0.6) is 0 Å². The van der Waals surface area contributed by atoms with Crippen molar-refractivity contribution in [2.75, 3.05) is 12.3 Å². The molecule has 2 N–H and O–H groups in total. The monoisotopic (exact) mass is 372 g/mol. The first-order valence-corrected chi connectivity index (χ1v) is 8.83. The number of nitrogens with zero attached hydrogens (tertiary/aromatic N) is 1. The summed E-state index contributed by atoms with van der Waals surface area (Å²) in [4.78, 5) is 14.7. The van der Waals surface area contributed by atoms with Gasteiger partial charge in [-0.1, -0.05) is 46.3 Å². The summed E-state index contributed by atoms with van der Waals surface area (Å²) in [5.74, 6) is 0.218. The lowest BCUT2D eigenvalue weighted by Crippen LogP contribution is -2.30. The van der Waals surface area contributed by atoms with Crippen molar-refractivity contribution in [3.63, 3.8) is 0 Å². The predicted molar refractivity (Wildman–Crippen MR) is 97.0 cm³/mol. The molecule has 1 atom stereocenters. The van der Waals surface area contributed by atoms with Crippen LogP contribution in [0, 0.1) is 0 Å². The molecule has 2 aromatic rings. The highest BCUT2D eigenvalue weighted by molar-refractivity contribution is 9.10. The summed E-state index contributed by atoms with van der Waals surface area (Å²) in [6.07, 6.45) is 3.32. The predicted octanol–water partition coefficient (Wildman–Crippen LogP) is 4.33. The van der Waals surface area contributed by atoms with Crippen LogP contribution in [0.3, 0.4) is 0 Å². The molecule has 1 fully saturated rings. The Morgan fingerprint density at radius 2 is 2.04 bits per heavy atom. The first kappa shape index (κ1) is 16.1. The second kappa shape index (κ2) is 7.18. The van der Waals surface area contributed by atoms with Gasteiger partial charge in [-0.3, -0.25) is 4.79 Å². The minimum absolute atomic E-state index is 0.202. The Morgan fingerprint density at radius 3 is 2.83 bits per heavy atom. The average molecular weight is 373 g/mol. The molecule has 1 saturated heterocycles. The number of carbonyl (C=O) groups excluding carboxylic acids is 1. The topological polar surface area (TPSA) is 46.3 Å². The van der Waals surface area contributed by atoms with E-state index in [1.54, 1.807) is 0 Å². The Morgan fingerprint density at radius 1 is 1.22 bits per heavy atom. The Balaban J connectivity index is 1.68. The fraction of sp³-hybridized carbons (Fsp3) is 0.316. The summed E-state index contributed by atoms with van der Waals surface area (Å²) in [5.41, 5.74) is 9.00. The Bertz CT molecular complexity index is 701. The molecule has 1 unspecified atom stereocenters. The first-order valence-electron chi connectivity index (χ1n) is 8.03. The van der Waals surface area contributed by atoms with Gasteiger partial charge in [0.1, 0.15) is 0 Å². The van der Waals surface area contributed by atoms with E-state index < -0.39 is 0 Å². The lowest BCUT2D eigenvalue weighted by molar-refractivity contribution is -0.132. The van der Waals surface area contributed by atoms with Gasteiger partial charge < -0.3 is 10.6 Å². The number of hydrogen-bond acceptors (Lipinski definition) is 2. The van der Waals surface area contributed by atoms with Crippen molar-refractivity contribution in [1.29, 1.82) is 0 Å². The summed E-state index contributed by atoms with van der Waals surface area (Å²) < 4.78 is 1.06. The van der Waals surface area contributed by atoms with Gasteiger partial charge in [0.05, 0.1) is 6.04 Å². The van der Waals surface area contributed by atoms with Crippen molar-refractivity contribution >= 4 is 27.5 Å². The molecule has 0 saturated carbocycles. The summed E-state index contributed by atoms with van der Waals surface area (Å²) in [6, 6.07) is 16.3. The number of halogens is 1. The van der Waals surface area contributed by atoms with Gasteiger partial charge in [0.25, 0.3) is 0 Å². The largest absolute Gasteiger partial charge is 0.399 e. The number of anilines is 1. The van der Waals surface area contributed by atoms with E-state index in [1.165, 1.54) is 5.56 Å². The highest BCUT2D eigenvalue weighted by Gasteiger charge is 2.29. The number of hydrogen-bond donors (Lipinski definition) is 1. The number of nitrogen functional groups attached to an aromatic ring is 1. The zero-order chi connectivity index (χ0) is 16.2. The molecule has 3 nitrogen and oxygen atoms in total. The number of carbonyl (C=O) groups is 1. The molecule has 0 spiro atoms. The van der Waals surface area contributed by atoms with Crippen LogP contribution in [-0.2, 0) is 11.2 Å².